The van der Waals surface area contributed by atoms with Crippen molar-refractivity contribution < 1.29 is 19.7 Å². The van der Waals surface area contributed by atoms with E-state index in [9.17, 15) is 9.90 Å². The molecule has 5 nitrogen and oxygen atoms in total. The van der Waals surface area contributed by atoms with Crippen molar-refractivity contribution in [1.29, 1.82) is 0 Å². The van der Waals surface area contributed by atoms with E-state index in [1.165, 1.54) is 25.7 Å². The molecule has 1 aliphatic heterocycles. The van der Waals surface area contributed by atoms with Crippen LogP contribution in [0.15, 0.2) is 24.3 Å². The number of rotatable bonds is 9. The average Bonchev–Trinajstić information content (AvgIpc) is 2.57. The highest BCUT2D eigenvalue weighted by atomic mass is 16.5. The summed E-state index contributed by atoms with van der Waals surface area (Å²) in [4.78, 5) is 10.6. The molecule has 0 aliphatic carbocycles. The second-order valence-corrected chi connectivity index (χ2v) is 6.24. The number of benzene rings is 1. The molecule has 0 radical (unpaired) electrons. The van der Waals surface area contributed by atoms with E-state index in [1.807, 2.05) is 12.1 Å². The Morgan fingerprint density at radius 3 is 2.57 bits per heavy atom. The van der Waals surface area contributed by atoms with Crippen molar-refractivity contribution in [3.05, 3.63) is 29.8 Å². The molecular formula is C18H27NO4. The smallest absolute Gasteiger partial charge is 0.332 e. The molecule has 5 heteroatoms. The zero-order valence-electron chi connectivity index (χ0n) is 13.5. The second-order valence-electron chi connectivity index (χ2n) is 6.24. The Kier molecular flexibility index (Phi) is 7.36. The summed E-state index contributed by atoms with van der Waals surface area (Å²) in [6, 6.07) is 7.26. The minimum absolute atomic E-state index is 0.117. The Morgan fingerprint density at radius 1 is 1.22 bits per heavy atom. The first-order chi connectivity index (χ1) is 11.1. The van der Waals surface area contributed by atoms with Gasteiger partial charge in [0.1, 0.15) is 5.75 Å². The van der Waals surface area contributed by atoms with Crippen molar-refractivity contribution in [2.45, 2.75) is 44.6 Å². The summed E-state index contributed by atoms with van der Waals surface area (Å²) in [7, 11) is 0. The van der Waals surface area contributed by atoms with Crippen LogP contribution in [0.3, 0.4) is 0 Å². The third kappa shape index (κ3) is 6.59. The van der Waals surface area contributed by atoms with E-state index in [-0.39, 0.29) is 6.42 Å². The average molecular weight is 321 g/mol. The largest absolute Gasteiger partial charge is 0.494 e. The van der Waals surface area contributed by atoms with Gasteiger partial charge in [0.25, 0.3) is 0 Å². The van der Waals surface area contributed by atoms with Gasteiger partial charge in [-0.3, -0.25) is 0 Å². The van der Waals surface area contributed by atoms with E-state index >= 15 is 0 Å². The zero-order chi connectivity index (χ0) is 16.5. The van der Waals surface area contributed by atoms with E-state index in [1.54, 1.807) is 12.1 Å². The van der Waals surface area contributed by atoms with E-state index in [2.05, 4.69) is 5.32 Å². The van der Waals surface area contributed by atoms with Crippen LogP contribution in [0.5, 0.6) is 5.75 Å². The topological polar surface area (TPSA) is 78.8 Å². The van der Waals surface area contributed by atoms with Gasteiger partial charge in [0.2, 0.25) is 0 Å². The number of aliphatic hydroxyl groups excluding tert-OH is 1. The molecule has 2 rings (SSSR count). The van der Waals surface area contributed by atoms with Gasteiger partial charge in [-0.05, 0) is 62.4 Å². The number of ether oxygens (including phenoxy) is 1. The van der Waals surface area contributed by atoms with Gasteiger partial charge in [-0.1, -0.05) is 18.6 Å². The summed E-state index contributed by atoms with van der Waals surface area (Å²) >= 11 is 0. The molecule has 1 aromatic rings. The van der Waals surface area contributed by atoms with Gasteiger partial charge in [-0.2, -0.15) is 0 Å². The summed E-state index contributed by atoms with van der Waals surface area (Å²) in [5.74, 6) is 0.468. The summed E-state index contributed by atoms with van der Waals surface area (Å²) in [5, 5.41) is 21.4. The number of aliphatic carboxylic acids is 1. The predicted molar refractivity (Wildman–Crippen MR) is 88.7 cm³/mol. The highest BCUT2D eigenvalue weighted by molar-refractivity contribution is 5.72. The molecular weight excluding hydrogens is 294 g/mol. The van der Waals surface area contributed by atoms with Gasteiger partial charge >= 0.3 is 5.97 Å². The monoisotopic (exact) mass is 321 g/mol. The number of unbranched alkanes of at least 4 members (excludes halogenated alkanes) is 1. The van der Waals surface area contributed by atoms with Crippen LogP contribution < -0.4 is 10.1 Å². The highest BCUT2D eigenvalue weighted by Gasteiger charge is 2.14. The van der Waals surface area contributed by atoms with E-state index in [0.29, 0.717) is 6.61 Å². The first kappa shape index (κ1) is 17.8. The number of hydrogen-bond donors (Lipinski definition) is 3. The first-order valence-electron chi connectivity index (χ1n) is 8.48. The SMILES string of the molecule is O=C(O)C(O)Cc1ccc(OCCCCC2CCNCC2)cc1. The van der Waals surface area contributed by atoms with E-state index < -0.39 is 12.1 Å². The molecule has 0 spiro atoms. The van der Waals surface area contributed by atoms with Crippen LogP contribution in [0.1, 0.15) is 37.7 Å². The lowest BCUT2D eigenvalue weighted by molar-refractivity contribution is -0.146. The minimum Gasteiger partial charge on any atom is -0.494 e. The Morgan fingerprint density at radius 2 is 1.91 bits per heavy atom. The van der Waals surface area contributed by atoms with Crippen LogP contribution in [0.25, 0.3) is 0 Å². The third-order valence-corrected chi connectivity index (χ3v) is 4.37. The Balaban J connectivity index is 1.61. The number of nitrogens with one attached hydrogen (secondary N) is 1. The van der Waals surface area contributed by atoms with Crippen LogP contribution in [-0.4, -0.2) is 42.0 Å². The van der Waals surface area contributed by atoms with Crippen molar-refractivity contribution >= 4 is 5.97 Å². The van der Waals surface area contributed by atoms with Crippen LogP contribution in [-0.2, 0) is 11.2 Å². The molecule has 1 aliphatic rings. The van der Waals surface area contributed by atoms with Gasteiger partial charge in [0, 0.05) is 6.42 Å². The van der Waals surface area contributed by atoms with Crippen LogP contribution in [0.2, 0.25) is 0 Å². The maximum Gasteiger partial charge on any atom is 0.332 e. The molecule has 128 valence electrons. The lowest BCUT2D eigenvalue weighted by atomic mass is 9.93. The standard InChI is InChI=1S/C18H27NO4/c20-17(18(21)22)13-15-4-6-16(7-5-15)23-12-2-1-3-14-8-10-19-11-9-14/h4-7,14,17,19-20H,1-3,8-13H2,(H,21,22). The number of carboxylic acids is 1. The summed E-state index contributed by atoms with van der Waals surface area (Å²) in [5.41, 5.74) is 0.790. The highest BCUT2D eigenvalue weighted by Crippen LogP contribution is 2.19. The van der Waals surface area contributed by atoms with Gasteiger partial charge in [0.15, 0.2) is 6.10 Å². The molecule has 1 aromatic carbocycles. The van der Waals surface area contributed by atoms with Crippen LogP contribution in [0, 0.1) is 5.92 Å². The number of hydrogen-bond acceptors (Lipinski definition) is 4. The van der Waals surface area contributed by atoms with Crippen LogP contribution in [0.4, 0.5) is 0 Å². The quantitative estimate of drug-likeness (QED) is 0.608. The van der Waals surface area contributed by atoms with Gasteiger partial charge < -0.3 is 20.3 Å². The van der Waals surface area contributed by atoms with E-state index in [4.69, 9.17) is 9.84 Å². The minimum atomic E-state index is -1.35. The molecule has 0 aromatic heterocycles. The number of carboxylic acid groups (broad SMARTS) is 1. The normalized spacial score (nSPS) is 16.9. The molecule has 3 N–H and O–H groups in total. The van der Waals surface area contributed by atoms with Crippen molar-refractivity contribution in [1.82, 2.24) is 5.32 Å². The van der Waals surface area contributed by atoms with Crippen molar-refractivity contribution in [2.75, 3.05) is 19.7 Å². The molecule has 1 fully saturated rings. The second kappa shape index (κ2) is 9.53. The predicted octanol–water partition coefficient (Wildman–Crippen LogP) is 2.22. The van der Waals surface area contributed by atoms with Gasteiger partial charge in [-0.25, -0.2) is 4.79 Å². The Hall–Kier alpha value is -1.59. The fraction of sp³-hybridized carbons (Fsp3) is 0.611. The molecule has 23 heavy (non-hydrogen) atoms. The van der Waals surface area contributed by atoms with Crippen molar-refractivity contribution in [2.24, 2.45) is 5.92 Å². The lowest BCUT2D eigenvalue weighted by Gasteiger charge is -2.22. The molecule has 1 unspecified atom stereocenters. The van der Waals surface area contributed by atoms with Gasteiger partial charge in [0.05, 0.1) is 6.61 Å². The van der Waals surface area contributed by atoms with Crippen LogP contribution >= 0.6 is 0 Å². The number of carbonyl (C=O) groups is 1. The fourth-order valence-corrected chi connectivity index (χ4v) is 2.93. The molecule has 0 bridgehead atoms. The zero-order valence-corrected chi connectivity index (χ0v) is 13.5. The number of piperidine rings is 1. The Bertz CT molecular complexity index is 468. The first-order valence-corrected chi connectivity index (χ1v) is 8.48. The maximum absolute atomic E-state index is 10.6. The van der Waals surface area contributed by atoms with E-state index in [0.717, 1.165) is 36.7 Å². The lowest BCUT2D eigenvalue weighted by Crippen LogP contribution is -2.27. The Labute approximate surface area is 137 Å². The fourth-order valence-electron chi connectivity index (χ4n) is 2.93. The molecule has 1 heterocycles. The number of aliphatic hydroxyl groups is 1. The molecule has 1 atom stereocenters. The maximum atomic E-state index is 10.6. The van der Waals surface area contributed by atoms with Crippen molar-refractivity contribution in [3.63, 3.8) is 0 Å². The molecule has 1 saturated heterocycles. The summed E-state index contributed by atoms with van der Waals surface area (Å²) < 4.78 is 5.71. The molecule has 0 amide bonds. The van der Waals surface area contributed by atoms with Gasteiger partial charge in [-0.15, -0.1) is 0 Å². The third-order valence-electron chi connectivity index (χ3n) is 4.37. The summed E-state index contributed by atoms with van der Waals surface area (Å²) in [6.45, 7) is 3.02. The molecule has 0 saturated carbocycles. The van der Waals surface area contributed by atoms with Crippen molar-refractivity contribution in [3.8, 4) is 5.75 Å². The summed E-state index contributed by atoms with van der Waals surface area (Å²) in [6.07, 6.45) is 4.91.